The zero-order chi connectivity index (χ0) is 31.5. The molecule has 4 aromatic rings. The summed E-state index contributed by atoms with van der Waals surface area (Å²) in [4.78, 5) is 16.1. The highest BCUT2D eigenvalue weighted by Crippen LogP contribution is 2.46. The number of benzene rings is 1. The first-order valence-corrected chi connectivity index (χ1v) is 16.3. The van der Waals surface area contributed by atoms with E-state index in [0.29, 0.717) is 53.7 Å². The summed E-state index contributed by atoms with van der Waals surface area (Å²) in [5.41, 5.74) is 4.50. The number of piperazine rings is 1. The van der Waals surface area contributed by atoms with Gasteiger partial charge in [0.05, 0.1) is 28.4 Å². The number of nitrogens with two attached hydrogens (primary N) is 1. The maximum Gasteiger partial charge on any atom is 0.417 e. The van der Waals surface area contributed by atoms with Gasteiger partial charge in [-0.2, -0.15) is 18.3 Å². The first-order chi connectivity index (χ1) is 21.7. The van der Waals surface area contributed by atoms with Gasteiger partial charge in [0.15, 0.2) is 17.2 Å². The smallest absolute Gasteiger partial charge is 0.405 e. The number of aromatic nitrogens is 5. The molecule has 0 aliphatic carbocycles. The zero-order valence-electron chi connectivity index (χ0n) is 25.0. The lowest BCUT2D eigenvalue weighted by Crippen LogP contribution is -2.51. The van der Waals surface area contributed by atoms with E-state index in [9.17, 15) is 13.2 Å². The number of fused-ring (bicyclic) bond motifs is 4. The van der Waals surface area contributed by atoms with Crippen LogP contribution in [0, 0.1) is 12.7 Å². The highest BCUT2D eigenvalue weighted by Gasteiger charge is 2.40. The van der Waals surface area contributed by atoms with Gasteiger partial charge >= 0.3 is 6.18 Å². The summed E-state index contributed by atoms with van der Waals surface area (Å²) in [5, 5.41) is 8.84. The number of pyridine rings is 1. The summed E-state index contributed by atoms with van der Waals surface area (Å²) in [6.07, 6.45) is 3.37. The summed E-state index contributed by atoms with van der Waals surface area (Å²) in [5.74, 6) is 0.192. The van der Waals surface area contributed by atoms with Crippen molar-refractivity contribution in [2.75, 3.05) is 30.3 Å². The summed E-state index contributed by atoms with van der Waals surface area (Å²) >= 11 is 1.35. The van der Waals surface area contributed by atoms with Crippen molar-refractivity contribution >= 4 is 45.5 Å². The first-order valence-electron chi connectivity index (χ1n) is 15.3. The number of alkyl halides is 3. The number of hydrogen-bond donors (Lipinski definition) is 2. The maximum atomic E-state index is 17.0. The number of aryl methyl sites for hydroxylation is 1. The van der Waals surface area contributed by atoms with Gasteiger partial charge in [0.1, 0.15) is 17.0 Å². The molecular weight excluding hydrogens is 608 g/mol. The van der Waals surface area contributed by atoms with E-state index < -0.39 is 29.5 Å². The van der Waals surface area contributed by atoms with Crippen molar-refractivity contribution in [3.8, 4) is 11.3 Å². The van der Waals surface area contributed by atoms with Crippen molar-refractivity contribution in [2.24, 2.45) is 5.73 Å². The Bertz CT molecular complexity index is 1790. The Kier molecular flexibility index (Phi) is 7.85. The largest absolute Gasteiger partial charge is 0.417 e. The second-order valence-corrected chi connectivity index (χ2v) is 13.1. The fourth-order valence-electron chi connectivity index (χ4n) is 7.01. The van der Waals surface area contributed by atoms with Crippen LogP contribution < -0.4 is 16.0 Å². The molecule has 238 valence electrons. The number of anilines is 1. The van der Waals surface area contributed by atoms with Gasteiger partial charge in [-0.05, 0) is 68.7 Å². The molecule has 1 aromatic carbocycles. The Morgan fingerprint density at radius 3 is 2.58 bits per heavy atom. The van der Waals surface area contributed by atoms with E-state index in [2.05, 4.69) is 25.3 Å². The van der Waals surface area contributed by atoms with Crippen molar-refractivity contribution in [2.45, 2.75) is 75.6 Å². The molecule has 14 heteroatoms. The molecule has 0 saturated carbocycles. The van der Waals surface area contributed by atoms with Gasteiger partial charge in [0.2, 0.25) is 0 Å². The molecule has 3 aromatic heterocycles. The van der Waals surface area contributed by atoms with Crippen LogP contribution in [0.15, 0.2) is 23.6 Å². The summed E-state index contributed by atoms with van der Waals surface area (Å²) in [6, 6.07) is 1.98. The summed E-state index contributed by atoms with van der Waals surface area (Å²) < 4.78 is 69.1. The lowest BCUT2D eigenvalue weighted by atomic mass is 9.93. The molecule has 3 aliphatic rings. The number of halogens is 4. The molecular formula is C31H34F4N8OS. The van der Waals surface area contributed by atoms with Gasteiger partial charge in [-0.25, -0.2) is 24.0 Å². The molecule has 3 N–H and O–H groups in total. The molecule has 3 fully saturated rings. The Hall–Kier alpha value is -3.49. The number of ether oxygens (including phenoxy) is 1. The normalized spacial score (nSPS) is 22.4. The van der Waals surface area contributed by atoms with Crippen molar-refractivity contribution in [3.63, 3.8) is 0 Å². The first kappa shape index (κ1) is 30.2. The lowest BCUT2D eigenvalue weighted by molar-refractivity contribution is -0.137. The Labute approximate surface area is 261 Å². The average molecular weight is 643 g/mol. The molecule has 7 rings (SSSR count). The predicted molar refractivity (Wildman–Crippen MR) is 166 cm³/mol. The molecule has 3 aliphatic heterocycles. The standard InChI is InChI=1S/C31H34F4N8OS/c1-3-45-30-40-28-24(29(41-30)42-14-17-7-8-18(15-42)38-17)20(9-10-36)39-27(26(28)32)23-19-13-37-43(22-6-4-5-11-44-22)21(19)12-16(2)25(23)31(33,34)35/h9-10,12-13,17-18,22,38H,3-8,11,14-15,36H2,1-2H3/b10-9-. The highest BCUT2D eigenvalue weighted by atomic mass is 32.2. The number of hydrogen-bond acceptors (Lipinski definition) is 9. The SMILES string of the molecule is CCSc1nc(N2CC3CCC(C2)N3)c2c(/C=C\N)nc(-c3c(C(F)(F)F)c(C)cc4c3cnn4C3CCCCO3)c(F)c2n1. The van der Waals surface area contributed by atoms with Crippen LogP contribution in [0.1, 0.15) is 62.1 Å². The maximum absolute atomic E-state index is 17.0. The van der Waals surface area contributed by atoms with E-state index in [0.717, 1.165) is 25.7 Å². The number of nitrogens with one attached hydrogen (secondary N) is 1. The number of nitrogens with zero attached hydrogens (tertiary/aromatic N) is 6. The second-order valence-electron chi connectivity index (χ2n) is 11.8. The van der Waals surface area contributed by atoms with Crippen LogP contribution in [0.4, 0.5) is 23.4 Å². The van der Waals surface area contributed by atoms with Gasteiger partial charge in [0, 0.05) is 42.7 Å². The molecule has 3 atom stereocenters. The Balaban J connectivity index is 1.52. The monoisotopic (exact) mass is 642 g/mol. The number of thioether (sulfide) groups is 1. The van der Waals surface area contributed by atoms with E-state index in [1.165, 1.54) is 43.2 Å². The molecule has 3 saturated heterocycles. The van der Waals surface area contributed by atoms with E-state index in [4.69, 9.17) is 15.5 Å². The average Bonchev–Trinajstić information content (AvgIpc) is 3.59. The molecule has 45 heavy (non-hydrogen) atoms. The van der Waals surface area contributed by atoms with E-state index >= 15 is 4.39 Å². The number of rotatable bonds is 6. The summed E-state index contributed by atoms with van der Waals surface area (Å²) in [6.45, 7) is 5.16. The van der Waals surface area contributed by atoms with E-state index in [1.807, 2.05) is 6.92 Å². The minimum absolute atomic E-state index is 0.0679. The third kappa shape index (κ3) is 5.30. The summed E-state index contributed by atoms with van der Waals surface area (Å²) in [7, 11) is 0. The fraction of sp³-hybridized carbons (Fsp3) is 0.484. The van der Waals surface area contributed by atoms with E-state index in [-0.39, 0.29) is 39.8 Å². The van der Waals surface area contributed by atoms with Crippen molar-refractivity contribution < 1.29 is 22.3 Å². The molecule has 3 unspecified atom stereocenters. The van der Waals surface area contributed by atoms with Crippen LogP contribution >= 0.6 is 11.8 Å². The quantitative estimate of drug-likeness (QED) is 0.145. The van der Waals surface area contributed by atoms with Crippen LogP contribution in [0.25, 0.3) is 39.1 Å². The van der Waals surface area contributed by atoms with Crippen LogP contribution in [0.3, 0.4) is 0 Å². The van der Waals surface area contributed by atoms with Crippen LogP contribution in [0.5, 0.6) is 0 Å². The van der Waals surface area contributed by atoms with Crippen molar-refractivity contribution in [1.82, 2.24) is 30.0 Å². The van der Waals surface area contributed by atoms with Crippen LogP contribution in [-0.4, -0.2) is 62.3 Å². The van der Waals surface area contributed by atoms with Crippen molar-refractivity contribution in [1.29, 1.82) is 0 Å². The molecule has 0 amide bonds. The zero-order valence-corrected chi connectivity index (χ0v) is 25.8. The van der Waals surface area contributed by atoms with Crippen LogP contribution in [0.2, 0.25) is 0 Å². The third-order valence-electron chi connectivity index (χ3n) is 8.87. The topological polar surface area (TPSA) is 107 Å². The Morgan fingerprint density at radius 2 is 1.91 bits per heavy atom. The molecule has 0 spiro atoms. The Morgan fingerprint density at radius 1 is 1.13 bits per heavy atom. The highest BCUT2D eigenvalue weighted by molar-refractivity contribution is 7.99. The molecule has 6 heterocycles. The fourth-order valence-corrected chi connectivity index (χ4v) is 7.57. The second kappa shape index (κ2) is 11.7. The minimum atomic E-state index is -4.80. The van der Waals surface area contributed by atoms with Gasteiger partial charge in [-0.15, -0.1) is 0 Å². The van der Waals surface area contributed by atoms with Crippen LogP contribution in [-0.2, 0) is 10.9 Å². The van der Waals surface area contributed by atoms with Gasteiger partial charge in [0.25, 0.3) is 0 Å². The van der Waals surface area contributed by atoms with Gasteiger partial charge in [-0.3, -0.25) is 0 Å². The predicted octanol–water partition coefficient (Wildman–Crippen LogP) is 6.19. The van der Waals surface area contributed by atoms with E-state index in [1.54, 1.807) is 4.68 Å². The van der Waals surface area contributed by atoms with Gasteiger partial charge < -0.3 is 20.7 Å². The molecule has 0 radical (unpaired) electrons. The lowest BCUT2D eigenvalue weighted by Gasteiger charge is -2.34. The van der Waals surface area contributed by atoms with Crippen molar-refractivity contribution in [3.05, 3.63) is 41.1 Å². The molecule has 9 nitrogen and oxygen atoms in total. The molecule has 2 bridgehead atoms. The van der Waals surface area contributed by atoms with Gasteiger partial charge in [-0.1, -0.05) is 18.7 Å². The minimum Gasteiger partial charge on any atom is -0.405 e. The third-order valence-corrected chi connectivity index (χ3v) is 9.60.